The summed E-state index contributed by atoms with van der Waals surface area (Å²) in [6.07, 6.45) is 0. The molecule has 0 aliphatic carbocycles. The molecule has 0 radical (unpaired) electrons. The lowest BCUT2D eigenvalue weighted by atomic mass is 10.2. The molecular weight excluding hydrogens is 441 g/mol. The SMILES string of the molecule is CC[n+]1c(C)oc2ccc(I)cc21.Cc1ccc(S(=O)(=O)[O-])cc1. The molecule has 0 fully saturated rings. The van der Waals surface area contributed by atoms with Crippen LogP contribution in [-0.2, 0) is 16.7 Å². The van der Waals surface area contributed by atoms with Crippen molar-refractivity contribution in [2.24, 2.45) is 0 Å². The van der Waals surface area contributed by atoms with Gasteiger partial charge in [-0.25, -0.2) is 8.42 Å². The van der Waals surface area contributed by atoms with Gasteiger partial charge in [0.05, 0.1) is 11.8 Å². The summed E-state index contributed by atoms with van der Waals surface area (Å²) in [6, 6.07) is 12.0. The van der Waals surface area contributed by atoms with Crippen LogP contribution in [0, 0.1) is 17.4 Å². The largest absolute Gasteiger partial charge is 0.744 e. The van der Waals surface area contributed by atoms with E-state index in [9.17, 15) is 13.0 Å². The van der Waals surface area contributed by atoms with Crippen LogP contribution in [0.4, 0.5) is 0 Å². The van der Waals surface area contributed by atoms with Gasteiger partial charge in [-0.05, 0) is 60.7 Å². The molecule has 1 aromatic heterocycles. The van der Waals surface area contributed by atoms with Crippen molar-refractivity contribution in [3.05, 3.63) is 57.5 Å². The normalized spacial score (nSPS) is 11.2. The zero-order valence-electron chi connectivity index (χ0n) is 13.6. The van der Waals surface area contributed by atoms with Crippen LogP contribution in [0.15, 0.2) is 51.8 Å². The number of nitrogens with zero attached hydrogens (tertiary/aromatic N) is 1. The summed E-state index contributed by atoms with van der Waals surface area (Å²) >= 11 is 2.32. The summed E-state index contributed by atoms with van der Waals surface area (Å²) in [5.41, 5.74) is 3.09. The average molecular weight is 459 g/mol. The molecular formula is C17H18INO4S. The molecule has 0 aliphatic rings. The number of aromatic nitrogens is 1. The molecule has 3 aromatic rings. The Kier molecular flexibility index (Phi) is 6.00. The van der Waals surface area contributed by atoms with E-state index in [4.69, 9.17) is 4.42 Å². The van der Waals surface area contributed by atoms with Crippen LogP contribution in [0.3, 0.4) is 0 Å². The average Bonchev–Trinajstić information content (AvgIpc) is 2.82. The molecule has 0 aliphatic heterocycles. The van der Waals surface area contributed by atoms with E-state index in [1.807, 2.05) is 19.9 Å². The van der Waals surface area contributed by atoms with Crippen LogP contribution in [0.25, 0.3) is 11.1 Å². The Morgan fingerprint density at radius 3 is 2.29 bits per heavy atom. The van der Waals surface area contributed by atoms with Crippen molar-refractivity contribution >= 4 is 43.8 Å². The maximum Gasteiger partial charge on any atom is 0.344 e. The van der Waals surface area contributed by atoms with Gasteiger partial charge in [0.1, 0.15) is 16.7 Å². The number of hydrogen-bond donors (Lipinski definition) is 0. The lowest BCUT2D eigenvalue weighted by Crippen LogP contribution is -2.33. The first-order valence-corrected chi connectivity index (χ1v) is 9.82. The molecule has 0 spiro atoms. The number of oxazole rings is 1. The maximum atomic E-state index is 10.4. The highest BCUT2D eigenvalue weighted by atomic mass is 127. The fraction of sp³-hybridized carbons (Fsp3) is 0.235. The standard InChI is InChI=1S/C10H11INO.C7H8O3S/c1-3-12-7(2)13-10-5-4-8(11)6-9(10)12;1-6-2-4-7(5-3-6)11(8,9)10/h4-6H,3H2,1-2H3;2-5H,1H3,(H,8,9,10)/q+1;/p-1. The van der Waals surface area contributed by atoms with Crippen molar-refractivity contribution in [1.82, 2.24) is 0 Å². The van der Waals surface area contributed by atoms with Crippen molar-refractivity contribution in [2.45, 2.75) is 32.2 Å². The minimum Gasteiger partial charge on any atom is -0.744 e. The number of halogens is 1. The summed E-state index contributed by atoms with van der Waals surface area (Å²) in [7, 11) is -4.27. The zero-order valence-corrected chi connectivity index (χ0v) is 16.6. The van der Waals surface area contributed by atoms with Gasteiger partial charge in [-0.15, -0.1) is 0 Å². The predicted octanol–water partition coefficient (Wildman–Crippen LogP) is 3.55. The number of aryl methyl sites for hydroxylation is 3. The topological polar surface area (TPSA) is 74.2 Å². The molecule has 0 bridgehead atoms. The third kappa shape index (κ3) is 4.55. The van der Waals surface area contributed by atoms with Crippen molar-refractivity contribution in [3.8, 4) is 0 Å². The molecule has 2 aromatic carbocycles. The Balaban J connectivity index is 0.000000177. The summed E-state index contributed by atoms with van der Waals surface area (Å²) in [5, 5.41) is 0. The van der Waals surface area contributed by atoms with Gasteiger partial charge in [-0.2, -0.15) is 4.57 Å². The second-order valence-electron chi connectivity index (χ2n) is 5.24. The van der Waals surface area contributed by atoms with Gasteiger partial charge >= 0.3 is 5.89 Å². The van der Waals surface area contributed by atoms with E-state index < -0.39 is 10.1 Å². The summed E-state index contributed by atoms with van der Waals surface area (Å²) in [4.78, 5) is -0.178. The van der Waals surface area contributed by atoms with Crippen molar-refractivity contribution in [1.29, 1.82) is 0 Å². The maximum absolute atomic E-state index is 10.4. The fourth-order valence-electron chi connectivity index (χ4n) is 2.27. The second-order valence-corrected chi connectivity index (χ2v) is 7.87. The fourth-order valence-corrected chi connectivity index (χ4v) is 3.21. The summed E-state index contributed by atoms with van der Waals surface area (Å²) < 4.78 is 40.2. The molecule has 5 nitrogen and oxygen atoms in total. The van der Waals surface area contributed by atoms with Crippen molar-refractivity contribution in [2.75, 3.05) is 0 Å². The Morgan fingerprint density at radius 1 is 1.12 bits per heavy atom. The molecule has 3 rings (SSSR count). The van der Waals surface area contributed by atoms with Gasteiger partial charge in [-0.3, -0.25) is 0 Å². The van der Waals surface area contributed by atoms with Crippen LogP contribution in [0.2, 0.25) is 0 Å². The summed E-state index contributed by atoms with van der Waals surface area (Å²) in [6.45, 7) is 6.90. The van der Waals surface area contributed by atoms with Gasteiger partial charge in [0.2, 0.25) is 5.58 Å². The lowest BCUT2D eigenvalue weighted by Gasteiger charge is -2.05. The van der Waals surface area contributed by atoms with Crippen LogP contribution in [-0.4, -0.2) is 13.0 Å². The van der Waals surface area contributed by atoms with Gasteiger partial charge in [-0.1, -0.05) is 17.7 Å². The molecule has 1 heterocycles. The second kappa shape index (κ2) is 7.62. The first-order chi connectivity index (χ1) is 11.2. The molecule has 128 valence electrons. The molecule has 0 N–H and O–H groups in total. The van der Waals surface area contributed by atoms with Crippen LogP contribution in [0.5, 0.6) is 0 Å². The molecule has 0 unspecified atom stereocenters. The molecule has 7 heteroatoms. The van der Waals surface area contributed by atoms with E-state index in [0.717, 1.165) is 23.6 Å². The quantitative estimate of drug-likeness (QED) is 0.334. The predicted molar refractivity (Wildman–Crippen MR) is 98.7 cm³/mol. The van der Waals surface area contributed by atoms with Crippen LogP contribution < -0.4 is 4.57 Å². The number of benzene rings is 2. The monoisotopic (exact) mass is 459 g/mol. The molecule has 0 saturated carbocycles. The van der Waals surface area contributed by atoms with Crippen molar-refractivity contribution < 1.29 is 22.0 Å². The Bertz CT molecular complexity index is 947. The van der Waals surface area contributed by atoms with E-state index >= 15 is 0 Å². The highest BCUT2D eigenvalue weighted by Crippen LogP contribution is 2.16. The third-order valence-electron chi connectivity index (χ3n) is 3.48. The smallest absolute Gasteiger partial charge is 0.344 e. The number of rotatable bonds is 2. The summed E-state index contributed by atoms with van der Waals surface area (Å²) in [5.74, 6) is 0.972. The Morgan fingerprint density at radius 2 is 1.75 bits per heavy atom. The minimum absolute atomic E-state index is 0.178. The van der Waals surface area contributed by atoms with E-state index in [-0.39, 0.29) is 4.90 Å². The van der Waals surface area contributed by atoms with Crippen molar-refractivity contribution in [3.63, 3.8) is 0 Å². The van der Waals surface area contributed by atoms with E-state index in [0.29, 0.717) is 0 Å². The van der Waals surface area contributed by atoms with Crippen LogP contribution >= 0.6 is 22.6 Å². The first kappa shape index (κ1) is 18.9. The van der Waals surface area contributed by atoms with Gasteiger partial charge < -0.3 is 8.97 Å². The van der Waals surface area contributed by atoms with Gasteiger partial charge in [0.25, 0.3) is 5.52 Å². The van der Waals surface area contributed by atoms with Crippen LogP contribution in [0.1, 0.15) is 18.4 Å². The minimum atomic E-state index is -4.27. The molecule has 0 saturated heterocycles. The third-order valence-corrected chi connectivity index (χ3v) is 5.00. The molecule has 24 heavy (non-hydrogen) atoms. The lowest BCUT2D eigenvalue weighted by molar-refractivity contribution is -0.679. The number of fused-ring (bicyclic) bond motifs is 1. The van der Waals surface area contributed by atoms with Gasteiger partial charge in [0.15, 0.2) is 0 Å². The molecule has 0 atom stereocenters. The van der Waals surface area contributed by atoms with Gasteiger partial charge in [0, 0.05) is 9.64 Å². The van der Waals surface area contributed by atoms with E-state index in [1.165, 1.54) is 21.2 Å². The zero-order chi connectivity index (χ0) is 17.9. The Labute approximate surface area is 155 Å². The first-order valence-electron chi connectivity index (χ1n) is 7.33. The van der Waals surface area contributed by atoms with E-state index in [2.05, 4.69) is 46.2 Å². The highest BCUT2D eigenvalue weighted by Gasteiger charge is 2.16. The van der Waals surface area contributed by atoms with E-state index in [1.54, 1.807) is 12.1 Å². The Hall–Kier alpha value is -1.45. The highest BCUT2D eigenvalue weighted by molar-refractivity contribution is 14.1. The number of hydrogen-bond acceptors (Lipinski definition) is 4. The molecule has 0 amide bonds.